The molecule has 2 N–H and O–H groups in total. The summed E-state index contributed by atoms with van der Waals surface area (Å²) in [5, 5.41) is 5.70. The number of rotatable bonds is 5. The summed E-state index contributed by atoms with van der Waals surface area (Å²) in [5.74, 6) is -0.240. The number of carbonyl (C=O) groups is 3. The molecule has 2 heterocycles. The fourth-order valence-electron chi connectivity index (χ4n) is 6.44. The van der Waals surface area contributed by atoms with Crippen molar-refractivity contribution in [1.29, 1.82) is 0 Å². The van der Waals surface area contributed by atoms with Crippen molar-refractivity contribution < 1.29 is 14.4 Å². The SMILES string of the molecule is Cc1cccc(NC(=O)N[C@@H]2N=C(C3CCCCC3)c3cccc(C)c3N(CC(=O)N3CCCCCCC3)C2=O)c1. The molecule has 4 amide bonds. The molecular weight excluding hydrogens is 514 g/mol. The maximum absolute atomic E-state index is 14.3. The third kappa shape index (κ3) is 6.97. The largest absolute Gasteiger partial charge is 0.341 e. The zero-order valence-corrected chi connectivity index (χ0v) is 24.5. The predicted octanol–water partition coefficient (Wildman–Crippen LogP) is 5.96. The van der Waals surface area contributed by atoms with Crippen molar-refractivity contribution in [1.82, 2.24) is 10.2 Å². The Labute approximate surface area is 243 Å². The topological polar surface area (TPSA) is 94.1 Å². The first kappa shape index (κ1) is 28.8. The van der Waals surface area contributed by atoms with Gasteiger partial charge in [0.15, 0.2) is 0 Å². The van der Waals surface area contributed by atoms with E-state index in [1.165, 1.54) is 12.8 Å². The van der Waals surface area contributed by atoms with Crippen LogP contribution in [0.5, 0.6) is 0 Å². The number of aryl methyl sites for hydroxylation is 2. The molecule has 2 aliphatic heterocycles. The third-order valence-electron chi connectivity index (χ3n) is 8.59. The second-order valence-electron chi connectivity index (χ2n) is 11.8. The molecule has 1 aliphatic carbocycles. The lowest BCUT2D eigenvalue weighted by Crippen LogP contribution is -2.52. The van der Waals surface area contributed by atoms with E-state index in [0.29, 0.717) is 18.8 Å². The minimum Gasteiger partial charge on any atom is -0.341 e. The Hall–Kier alpha value is -3.68. The van der Waals surface area contributed by atoms with E-state index >= 15 is 0 Å². The van der Waals surface area contributed by atoms with Crippen LogP contribution in [0.15, 0.2) is 47.5 Å². The number of benzodiazepines with no additional fused rings is 1. The molecule has 1 saturated carbocycles. The lowest BCUT2D eigenvalue weighted by molar-refractivity contribution is -0.132. The maximum atomic E-state index is 14.3. The summed E-state index contributed by atoms with van der Waals surface area (Å²) in [6.45, 7) is 5.30. The van der Waals surface area contributed by atoms with E-state index in [1.807, 2.05) is 61.2 Å². The number of hydrogen-bond acceptors (Lipinski definition) is 4. The number of para-hydroxylation sites is 1. The molecule has 3 aliphatic rings. The summed E-state index contributed by atoms with van der Waals surface area (Å²) in [6.07, 6.45) is 9.68. The number of amides is 4. The van der Waals surface area contributed by atoms with Crippen LogP contribution in [0.2, 0.25) is 0 Å². The highest BCUT2D eigenvalue weighted by Crippen LogP contribution is 2.36. The molecule has 0 bridgehead atoms. The molecule has 1 atom stereocenters. The highest BCUT2D eigenvalue weighted by atomic mass is 16.2. The van der Waals surface area contributed by atoms with Crippen molar-refractivity contribution in [3.8, 4) is 0 Å². The maximum Gasteiger partial charge on any atom is 0.321 e. The lowest BCUT2D eigenvalue weighted by Gasteiger charge is -2.31. The van der Waals surface area contributed by atoms with Crippen molar-refractivity contribution >= 4 is 34.9 Å². The molecule has 5 rings (SSSR count). The van der Waals surface area contributed by atoms with E-state index in [2.05, 4.69) is 10.6 Å². The number of hydrogen-bond donors (Lipinski definition) is 2. The number of carbonyl (C=O) groups excluding carboxylic acids is 3. The molecule has 41 heavy (non-hydrogen) atoms. The van der Waals surface area contributed by atoms with Crippen LogP contribution in [-0.4, -0.2) is 54.3 Å². The van der Waals surface area contributed by atoms with Gasteiger partial charge in [0.25, 0.3) is 5.91 Å². The zero-order chi connectivity index (χ0) is 28.8. The minimum atomic E-state index is -1.14. The summed E-state index contributed by atoms with van der Waals surface area (Å²) in [7, 11) is 0. The summed E-state index contributed by atoms with van der Waals surface area (Å²) in [6, 6.07) is 13.0. The molecule has 8 nitrogen and oxygen atoms in total. The average molecular weight is 558 g/mol. The molecule has 0 spiro atoms. The predicted molar refractivity (Wildman–Crippen MR) is 163 cm³/mol. The molecule has 218 valence electrons. The summed E-state index contributed by atoms with van der Waals surface area (Å²) < 4.78 is 0. The molecule has 2 aromatic carbocycles. The fourth-order valence-corrected chi connectivity index (χ4v) is 6.44. The van der Waals surface area contributed by atoms with E-state index in [9.17, 15) is 14.4 Å². The van der Waals surface area contributed by atoms with Gasteiger partial charge in [0.05, 0.1) is 11.4 Å². The first-order chi connectivity index (χ1) is 19.9. The standard InChI is InChI=1S/C33H43N5O3/c1-23-13-11-17-26(21-23)34-33(41)36-31-32(40)38(22-28(39)37-19-9-4-3-5-10-20-37)30-24(2)14-12-18-27(30)29(35-31)25-15-7-6-8-16-25/h11-14,17-18,21,25,31H,3-10,15-16,19-20,22H2,1-2H3,(H2,34,36,41)/t31-/m0/s1. The van der Waals surface area contributed by atoms with Crippen molar-refractivity contribution in [3.05, 3.63) is 59.2 Å². The Balaban J connectivity index is 1.48. The highest BCUT2D eigenvalue weighted by Gasteiger charge is 2.37. The van der Waals surface area contributed by atoms with Crippen LogP contribution in [0.25, 0.3) is 0 Å². The van der Waals surface area contributed by atoms with Crippen LogP contribution in [0, 0.1) is 19.8 Å². The zero-order valence-electron chi connectivity index (χ0n) is 24.5. The Bertz CT molecular complexity index is 1290. The van der Waals surface area contributed by atoms with Gasteiger partial charge in [-0.15, -0.1) is 0 Å². The number of aliphatic imine (C=N–C) groups is 1. The summed E-state index contributed by atoms with van der Waals surface area (Å²) in [5.41, 5.74) is 5.08. The van der Waals surface area contributed by atoms with Gasteiger partial charge < -0.3 is 15.5 Å². The van der Waals surface area contributed by atoms with Crippen LogP contribution in [0.3, 0.4) is 0 Å². The number of anilines is 2. The van der Waals surface area contributed by atoms with Gasteiger partial charge in [-0.2, -0.15) is 0 Å². The van der Waals surface area contributed by atoms with Gasteiger partial charge in [0.2, 0.25) is 12.1 Å². The number of fused-ring (bicyclic) bond motifs is 1. The highest BCUT2D eigenvalue weighted by molar-refractivity contribution is 6.16. The van der Waals surface area contributed by atoms with Crippen molar-refractivity contribution in [2.24, 2.45) is 10.9 Å². The quantitative estimate of drug-likeness (QED) is 0.475. The van der Waals surface area contributed by atoms with E-state index in [4.69, 9.17) is 4.99 Å². The Morgan fingerprint density at radius 3 is 2.32 bits per heavy atom. The molecule has 0 aromatic heterocycles. The van der Waals surface area contributed by atoms with E-state index in [0.717, 1.165) is 79.5 Å². The van der Waals surface area contributed by atoms with Gasteiger partial charge in [0.1, 0.15) is 6.54 Å². The van der Waals surface area contributed by atoms with Gasteiger partial charge in [-0.3, -0.25) is 19.5 Å². The molecule has 2 fully saturated rings. The Kier molecular flexibility index (Phi) is 9.37. The lowest BCUT2D eigenvalue weighted by atomic mass is 9.82. The van der Waals surface area contributed by atoms with Gasteiger partial charge in [-0.05, 0) is 62.8 Å². The number of benzene rings is 2. The third-order valence-corrected chi connectivity index (χ3v) is 8.59. The van der Waals surface area contributed by atoms with E-state index in [-0.39, 0.29) is 24.3 Å². The van der Waals surface area contributed by atoms with Crippen molar-refractivity contribution in [2.45, 2.75) is 84.2 Å². The second kappa shape index (κ2) is 13.3. The molecule has 0 radical (unpaired) electrons. The second-order valence-corrected chi connectivity index (χ2v) is 11.8. The van der Waals surface area contributed by atoms with Gasteiger partial charge >= 0.3 is 6.03 Å². The normalized spacial score (nSPS) is 20.3. The first-order valence-electron chi connectivity index (χ1n) is 15.3. The number of urea groups is 1. The Morgan fingerprint density at radius 2 is 1.59 bits per heavy atom. The summed E-state index contributed by atoms with van der Waals surface area (Å²) in [4.78, 5) is 49.6. The fraction of sp³-hybridized carbons (Fsp3) is 0.515. The molecule has 0 unspecified atom stereocenters. The van der Waals surface area contributed by atoms with Gasteiger partial charge in [-0.1, -0.05) is 68.9 Å². The Morgan fingerprint density at radius 1 is 0.902 bits per heavy atom. The van der Waals surface area contributed by atoms with E-state index in [1.54, 1.807) is 4.90 Å². The molecular formula is C33H43N5O3. The van der Waals surface area contributed by atoms with Crippen LogP contribution in [0.1, 0.15) is 80.9 Å². The molecule has 1 saturated heterocycles. The molecule has 2 aromatic rings. The number of nitrogens with zero attached hydrogens (tertiary/aromatic N) is 3. The van der Waals surface area contributed by atoms with Crippen LogP contribution < -0.4 is 15.5 Å². The van der Waals surface area contributed by atoms with Gasteiger partial charge in [-0.25, -0.2) is 4.79 Å². The first-order valence-corrected chi connectivity index (χ1v) is 15.3. The van der Waals surface area contributed by atoms with Crippen LogP contribution >= 0.6 is 0 Å². The van der Waals surface area contributed by atoms with Gasteiger partial charge in [0, 0.05) is 30.3 Å². The van der Waals surface area contributed by atoms with Crippen molar-refractivity contribution in [3.63, 3.8) is 0 Å². The van der Waals surface area contributed by atoms with Crippen LogP contribution in [0.4, 0.5) is 16.2 Å². The number of nitrogens with one attached hydrogen (secondary N) is 2. The van der Waals surface area contributed by atoms with Crippen molar-refractivity contribution in [2.75, 3.05) is 29.9 Å². The number of likely N-dealkylation sites (tertiary alicyclic amines) is 1. The summed E-state index contributed by atoms with van der Waals surface area (Å²) >= 11 is 0. The van der Waals surface area contributed by atoms with E-state index < -0.39 is 12.2 Å². The smallest absolute Gasteiger partial charge is 0.321 e. The van der Waals surface area contributed by atoms with Crippen LogP contribution in [-0.2, 0) is 9.59 Å². The minimum absolute atomic E-state index is 0.0569. The molecule has 8 heteroatoms. The monoisotopic (exact) mass is 557 g/mol. The average Bonchev–Trinajstić information content (AvgIpc) is 3.04.